The lowest BCUT2D eigenvalue weighted by Crippen LogP contribution is -2.15. The van der Waals surface area contributed by atoms with Crippen molar-refractivity contribution in [3.05, 3.63) is 70.1 Å². The number of hydrogen-bond donors (Lipinski definition) is 3. The van der Waals surface area contributed by atoms with Gasteiger partial charge in [-0.1, -0.05) is 29.8 Å². The number of fused-ring (bicyclic) bond motifs is 1. The van der Waals surface area contributed by atoms with Crippen LogP contribution in [0.1, 0.15) is 34.0 Å². The quantitative estimate of drug-likeness (QED) is 0.554. The highest BCUT2D eigenvalue weighted by molar-refractivity contribution is 6.33. The Morgan fingerprint density at radius 3 is 2.78 bits per heavy atom. The first-order valence-corrected chi connectivity index (χ1v) is 10.8. The fourth-order valence-corrected chi connectivity index (χ4v) is 4.23. The lowest BCUT2D eigenvalue weighted by molar-refractivity contribution is 0.0966. The number of halogens is 2. The molecule has 3 N–H and O–H groups in total. The van der Waals surface area contributed by atoms with E-state index in [9.17, 15) is 9.18 Å². The highest BCUT2D eigenvalue weighted by Gasteiger charge is 2.28. The molecule has 0 radical (unpaired) electrons. The van der Waals surface area contributed by atoms with Crippen LogP contribution in [0.25, 0.3) is 11.4 Å². The van der Waals surface area contributed by atoms with Crippen LogP contribution in [0.2, 0.25) is 5.02 Å². The minimum absolute atomic E-state index is 0.108. The number of carbonyl (C=O) groups excluding carboxylic acids is 1. The van der Waals surface area contributed by atoms with E-state index in [2.05, 4.69) is 25.9 Å². The van der Waals surface area contributed by atoms with Crippen LogP contribution in [0.15, 0.2) is 42.5 Å². The topological polar surface area (TPSA) is 88.2 Å². The van der Waals surface area contributed by atoms with Gasteiger partial charge in [0.25, 0.3) is 5.91 Å². The molecule has 1 amide bonds. The van der Waals surface area contributed by atoms with Crippen LogP contribution in [0.4, 0.5) is 15.9 Å². The largest absolute Gasteiger partial charge is 0.366 e. The average molecular weight is 454 g/mol. The molecule has 164 valence electrons. The summed E-state index contributed by atoms with van der Waals surface area (Å²) >= 11 is 6.22. The van der Waals surface area contributed by atoms with Gasteiger partial charge in [-0.3, -0.25) is 10.1 Å². The summed E-state index contributed by atoms with van der Waals surface area (Å²) in [4.78, 5) is 21.3. The molecule has 5 rings (SSSR count). The van der Waals surface area contributed by atoms with E-state index in [1.807, 2.05) is 24.3 Å². The van der Waals surface area contributed by atoms with Crippen molar-refractivity contribution in [1.82, 2.24) is 20.6 Å². The molecule has 9 heteroatoms. The minimum Gasteiger partial charge on any atom is -0.366 e. The first kappa shape index (κ1) is 20.8. The summed E-state index contributed by atoms with van der Waals surface area (Å²) in [5.41, 5.74) is 2.91. The first-order valence-electron chi connectivity index (χ1n) is 10.4. The van der Waals surface area contributed by atoms with Gasteiger partial charge in [-0.15, -0.1) is 0 Å². The molecule has 2 aromatic carbocycles. The van der Waals surface area contributed by atoms with Gasteiger partial charge in [-0.05, 0) is 42.8 Å². The predicted octanol–water partition coefficient (Wildman–Crippen LogP) is 3.97. The molecule has 1 saturated heterocycles. The summed E-state index contributed by atoms with van der Waals surface area (Å²) in [6, 6.07) is 12.4. The number of amides is 1. The number of nitrogens with one attached hydrogen (secondary N) is 3. The summed E-state index contributed by atoms with van der Waals surface area (Å²) in [6.45, 7) is 2.41. The molecule has 32 heavy (non-hydrogen) atoms. The van der Waals surface area contributed by atoms with E-state index in [0.29, 0.717) is 36.3 Å². The summed E-state index contributed by atoms with van der Waals surface area (Å²) in [5, 5.41) is 9.38. The third-order valence-electron chi connectivity index (χ3n) is 5.65. The molecule has 3 aromatic rings. The van der Waals surface area contributed by atoms with E-state index in [4.69, 9.17) is 16.3 Å². The summed E-state index contributed by atoms with van der Waals surface area (Å²) in [5.74, 6) is -0.0267. The number of aromatic nitrogens is 2. The normalized spacial score (nSPS) is 18.1. The first-order chi connectivity index (χ1) is 15.6. The van der Waals surface area contributed by atoms with Crippen molar-refractivity contribution in [3.8, 4) is 11.4 Å². The predicted molar refractivity (Wildman–Crippen MR) is 120 cm³/mol. The second-order valence-electron chi connectivity index (χ2n) is 7.74. The summed E-state index contributed by atoms with van der Waals surface area (Å²) < 4.78 is 20.1. The molecule has 0 spiro atoms. The molecule has 3 heterocycles. The zero-order chi connectivity index (χ0) is 22.1. The SMILES string of the molecule is O=C1NCc2nc(-c3c(F)cccc3Cl)nc(Nc3ccc([C@@H]4CCNCOC4)cc3)c21. The monoisotopic (exact) mass is 453 g/mol. The number of benzene rings is 2. The fraction of sp³-hybridized carbons (Fsp3) is 0.261. The maximum atomic E-state index is 14.5. The van der Waals surface area contributed by atoms with Gasteiger partial charge >= 0.3 is 0 Å². The van der Waals surface area contributed by atoms with Crippen LogP contribution in [-0.4, -0.2) is 35.8 Å². The number of anilines is 2. The number of carbonyl (C=O) groups is 1. The fourth-order valence-electron chi connectivity index (χ4n) is 3.98. The Labute approximate surface area is 189 Å². The smallest absolute Gasteiger partial charge is 0.257 e. The molecule has 2 aliphatic rings. The van der Waals surface area contributed by atoms with Gasteiger partial charge in [0.05, 0.1) is 36.2 Å². The van der Waals surface area contributed by atoms with E-state index in [1.165, 1.54) is 17.7 Å². The van der Waals surface area contributed by atoms with E-state index in [1.54, 1.807) is 6.07 Å². The number of hydrogen-bond acceptors (Lipinski definition) is 6. The van der Waals surface area contributed by atoms with E-state index in [-0.39, 0.29) is 28.9 Å². The Morgan fingerprint density at radius 2 is 1.97 bits per heavy atom. The lowest BCUT2D eigenvalue weighted by atomic mass is 9.96. The van der Waals surface area contributed by atoms with Gasteiger partial charge in [0.15, 0.2) is 5.82 Å². The van der Waals surface area contributed by atoms with Gasteiger partial charge in [-0.25, -0.2) is 14.4 Å². The molecule has 2 aliphatic heterocycles. The van der Waals surface area contributed by atoms with E-state index >= 15 is 0 Å². The van der Waals surface area contributed by atoms with Gasteiger partial charge in [-0.2, -0.15) is 0 Å². The molecule has 0 aliphatic carbocycles. The zero-order valence-corrected chi connectivity index (χ0v) is 17.9. The molecule has 0 unspecified atom stereocenters. The number of rotatable bonds is 4. The molecular formula is C23H21ClFN5O2. The van der Waals surface area contributed by atoms with Crippen LogP contribution < -0.4 is 16.0 Å². The van der Waals surface area contributed by atoms with Crippen molar-refractivity contribution in [1.29, 1.82) is 0 Å². The van der Waals surface area contributed by atoms with Crippen molar-refractivity contribution >= 4 is 29.0 Å². The minimum atomic E-state index is -0.523. The zero-order valence-electron chi connectivity index (χ0n) is 17.1. The third-order valence-corrected chi connectivity index (χ3v) is 5.97. The van der Waals surface area contributed by atoms with Crippen LogP contribution >= 0.6 is 11.6 Å². The Bertz CT molecular complexity index is 1140. The van der Waals surface area contributed by atoms with Gasteiger partial charge in [0.2, 0.25) is 0 Å². The second-order valence-corrected chi connectivity index (χ2v) is 8.15. The molecule has 0 bridgehead atoms. The van der Waals surface area contributed by atoms with Crippen molar-refractivity contribution < 1.29 is 13.9 Å². The molecule has 1 atom stereocenters. The van der Waals surface area contributed by atoms with Gasteiger partial charge < -0.3 is 15.4 Å². The van der Waals surface area contributed by atoms with Crippen LogP contribution in [0.5, 0.6) is 0 Å². The number of nitrogens with zero attached hydrogens (tertiary/aromatic N) is 2. The molecule has 1 aromatic heterocycles. The summed E-state index contributed by atoms with van der Waals surface area (Å²) in [6.07, 6.45) is 0.999. The molecule has 7 nitrogen and oxygen atoms in total. The van der Waals surface area contributed by atoms with Gasteiger partial charge in [0, 0.05) is 11.6 Å². The molecule has 0 saturated carbocycles. The Morgan fingerprint density at radius 1 is 1.12 bits per heavy atom. The molecule has 1 fully saturated rings. The average Bonchev–Trinajstić information content (AvgIpc) is 2.98. The summed E-state index contributed by atoms with van der Waals surface area (Å²) in [7, 11) is 0. The Kier molecular flexibility index (Phi) is 5.73. The lowest BCUT2D eigenvalue weighted by Gasteiger charge is -2.15. The molecular weight excluding hydrogens is 433 g/mol. The highest BCUT2D eigenvalue weighted by Crippen LogP contribution is 2.33. The van der Waals surface area contributed by atoms with Crippen LogP contribution in [0.3, 0.4) is 0 Å². The van der Waals surface area contributed by atoms with Gasteiger partial charge in [0.1, 0.15) is 17.2 Å². The highest BCUT2D eigenvalue weighted by atomic mass is 35.5. The second kappa shape index (κ2) is 8.82. The third kappa shape index (κ3) is 4.04. The Hall–Kier alpha value is -3.07. The van der Waals surface area contributed by atoms with Crippen molar-refractivity contribution in [2.45, 2.75) is 18.9 Å². The van der Waals surface area contributed by atoms with Crippen molar-refractivity contribution in [2.75, 3.05) is 25.2 Å². The van der Waals surface area contributed by atoms with Crippen molar-refractivity contribution in [3.63, 3.8) is 0 Å². The number of ether oxygens (including phenoxy) is 1. The van der Waals surface area contributed by atoms with Crippen LogP contribution in [0, 0.1) is 5.82 Å². The van der Waals surface area contributed by atoms with Crippen molar-refractivity contribution in [2.24, 2.45) is 0 Å². The van der Waals surface area contributed by atoms with Crippen LogP contribution in [-0.2, 0) is 11.3 Å². The van der Waals surface area contributed by atoms with E-state index in [0.717, 1.165) is 18.7 Å². The van der Waals surface area contributed by atoms with E-state index < -0.39 is 5.82 Å². The Balaban J connectivity index is 1.48. The standard InChI is InChI=1S/C23H21ClFN5O2/c24-16-2-1-3-17(25)19(16)21-29-18-10-27-23(31)20(18)22(30-21)28-15-6-4-13(5-7-15)14-8-9-26-12-32-11-14/h1-7,14,26H,8-12H2,(H,27,31)(H,28,29,30)/t14-/m1/s1. The maximum absolute atomic E-state index is 14.5. The maximum Gasteiger partial charge on any atom is 0.257 e.